The molecule has 0 saturated heterocycles. The van der Waals surface area contributed by atoms with Gasteiger partial charge in [-0.2, -0.15) is 5.21 Å². The molecule has 4 rings (SSSR count). The number of benzene rings is 2. The quantitative estimate of drug-likeness (QED) is 0.624. The summed E-state index contributed by atoms with van der Waals surface area (Å²) in [5.41, 5.74) is 4.25. The Bertz CT molecular complexity index is 1020. The Morgan fingerprint density at radius 2 is 1.60 bits per heavy atom. The molecule has 0 aliphatic carbocycles. The summed E-state index contributed by atoms with van der Waals surface area (Å²) in [6.07, 6.45) is 3.59. The lowest BCUT2D eigenvalue weighted by Crippen LogP contribution is -2.04. The van der Waals surface area contributed by atoms with E-state index in [9.17, 15) is 4.79 Å². The maximum atomic E-state index is 11.2. The average molecular weight is 329 g/mol. The predicted molar refractivity (Wildman–Crippen MR) is 94.9 cm³/mol. The van der Waals surface area contributed by atoms with E-state index < -0.39 is 0 Å². The van der Waals surface area contributed by atoms with E-state index in [-0.39, 0.29) is 5.43 Å². The van der Waals surface area contributed by atoms with E-state index in [0.717, 1.165) is 22.3 Å². The predicted octanol–water partition coefficient (Wildman–Crippen LogP) is 2.74. The molecule has 0 radical (unpaired) electrons. The molecular formula is C19H15N5O. The largest absolute Gasteiger partial charge is 0.350 e. The van der Waals surface area contributed by atoms with Gasteiger partial charge in [-0.1, -0.05) is 48.5 Å². The number of hydrogen-bond donors (Lipinski definition) is 1. The van der Waals surface area contributed by atoms with Crippen molar-refractivity contribution in [3.05, 3.63) is 88.8 Å². The van der Waals surface area contributed by atoms with Crippen LogP contribution in [0.25, 0.3) is 22.5 Å². The molecule has 0 aliphatic heterocycles. The van der Waals surface area contributed by atoms with Crippen molar-refractivity contribution >= 4 is 0 Å². The fourth-order valence-corrected chi connectivity index (χ4v) is 2.76. The lowest BCUT2D eigenvalue weighted by Gasteiger charge is -2.09. The van der Waals surface area contributed by atoms with E-state index in [1.165, 1.54) is 0 Å². The normalized spacial score (nSPS) is 10.7. The molecule has 6 heteroatoms. The molecule has 122 valence electrons. The van der Waals surface area contributed by atoms with Crippen molar-refractivity contribution < 1.29 is 0 Å². The van der Waals surface area contributed by atoms with Crippen LogP contribution in [0.1, 0.15) is 5.56 Å². The highest BCUT2D eigenvalue weighted by Crippen LogP contribution is 2.29. The van der Waals surface area contributed by atoms with E-state index >= 15 is 0 Å². The first-order valence-electron chi connectivity index (χ1n) is 7.88. The second kappa shape index (κ2) is 6.52. The van der Waals surface area contributed by atoms with E-state index in [1.807, 2.05) is 28.8 Å². The number of hydrogen-bond acceptors (Lipinski definition) is 4. The van der Waals surface area contributed by atoms with Gasteiger partial charge in [0.05, 0.1) is 0 Å². The Labute approximate surface area is 143 Å². The topological polar surface area (TPSA) is 76.5 Å². The van der Waals surface area contributed by atoms with Crippen LogP contribution in [-0.2, 0) is 6.54 Å². The Morgan fingerprint density at radius 1 is 0.880 bits per heavy atom. The van der Waals surface area contributed by atoms with Gasteiger partial charge >= 0.3 is 0 Å². The Balaban J connectivity index is 1.63. The van der Waals surface area contributed by atoms with Gasteiger partial charge in [0, 0.05) is 36.6 Å². The van der Waals surface area contributed by atoms with E-state index in [0.29, 0.717) is 12.4 Å². The minimum atomic E-state index is 0.0182. The molecule has 0 unspecified atom stereocenters. The van der Waals surface area contributed by atoms with Crippen molar-refractivity contribution in [2.45, 2.75) is 6.54 Å². The van der Waals surface area contributed by atoms with Gasteiger partial charge in [0.25, 0.3) is 0 Å². The van der Waals surface area contributed by atoms with Crippen molar-refractivity contribution in [1.29, 1.82) is 0 Å². The summed E-state index contributed by atoms with van der Waals surface area (Å²) in [6.45, 7) is 0.715. The molecule has 0 amide bonds. The third-order valence-corrected chi connectivity index (χ3v) is 4.00. The third-order valence-electron chi connectivity index (χ3n) is 4.00. The van der Waals surface area contributed by atoms with Crippen molar-refractivity contribution in [3.63, 3.8) is 0 Å². The molecule has 2 aromatic carbocycles. The summed E-state index contributed by atoms with van der Waals surface area (Å²) in [7, 11) is 0. The average Bonchev–Trinajstić information content (AvgIpc) is 3.19. The van der Waals surface area contributed by atoms with E-state index in [2.05, 4.69) is 44.9 Å². The van der Waals surface area contributed by atoms with Gasteiger partial charge in [-0.15, -0.1) is 10.2 Å². The van der Waals surface area contributed by atoms with Crippen LogP contribution < -0.4 is 5.43 Å². The fourth-order valence-electron chi connectivity index (χ4n) is 2.76. The Hall–Kier alpha value is -3.54. The maximum Gasteiger partial charge on any atom is 0.205 e. The van der Waals surface area contributed by atoms with Gasteiger partial charge < -0.3 is 4.57 Å². The minimum absolute atomic E-state index is 0.0182. The lowest BCUT2D eigenvalue weighted by molar-refractivity contribution is 0.789. The van der Waals surface area contributed by atoms with Crippen molar-refractivity contribution in [3.8, 4) is 22.5 Å². The first-order chi connectivity index (χ1) is 12.3. The van der Waals surface area contributed by atoms with Gasteiger partial charge in [0.15, 0.2) is 5.43 Å². The summed E-state index contributed by atoms with van der Waals surface area (Å²) in [6, 6.07) is 19.4. The van der Waals surface area contributed by atoms with Gasteiger partial charge in [0.2, 0.25) is 5.82 Å². The summed E-state index contributed by atoms with van der Waals surface area (Å²) >= 11 is 0. The lowest BCUT2D eigenvalue weighted by atomic mass is 9.98. The number of pyridine rings is 1. The van der Waals surface area contributed by atoms with Crippen LogP contribution in [0.5, 0.6) is 0 Å². The zero-order valence-electron chi connectivity index (χ0n) is 13.3. The summed E-state index contributed by atoms with van der Waals surface area (Å²) in [5, 5.41) is 14.3. The van der Waals surface area contributed by atoms with Crippen LogP contribution in [-0.4, -0.2) is 25.2 Å². The highest BCUT2D eigenvalue weighted by atomic mass is 16.1. The molecule has 6 nitrogen and oxygen atoms in total. The van der Waals surface area contributed by atoms with E-state index in [1.54, 1.807) is 24.5 Å². The number of aromatic amines is 1. The molecule has 2 aromatic heterocycles. The number of nitrogens with one attached hydrogen (secondary N) is 1. The second-order valence-electron chi connectivity index (χ2n) is 5.68. The molecule has 1 N–H and O–H groups in total. The summed E-state index contributed by atoms with van der Waals surface area (Å²) in [4.78, 5) is 11.2. The van der Waals surface area contributed by atoms with Crippen LogP contribution in [0.2, 0.25) is 0 Å². The second-order valence-corrected chi connectivity index (χ2v) is 5.68. The molecular weight excluding hydrogens is 314 g/mol. The number of nitrogens with zero attached hydrogens (tertiary/aromatic N) is 4. The molecule has 0 atom stereocenters. The maximum absolute atomic E-state index is 11.2. The number of H-pyrrole nitrogens is 1. The Kier molecular flexibility index (Phi) is 3.92. The third kappa shape index (κ3) is 3.23. The molecule has 0 fully saturated rings. The van der Waals surface area contributed by atoms with Crippen molar-refractivity contribution in [2.75, 3.05) is 0 Å². The van der Waals surface area contributed by atoms with E-state index in [4.69, 9.17) is 0 Å². The zero-order chi connectivity index (χ0) is 17.1. The summed E-state index contributed by atoms with van der Waals surface area (Å²) in [5.74, 6) is 0.577. The number of aromatic nitrogens is 5. The Morgan fingerprint density at radius 3 is 2.28 bits per heavy atom. The van der Waals surface area contributed by atoms with Crippen molar-refractivity contribution in [2.24, 2.45) is 0 Å². The van der Waals surface area contributed by atoms with Gasteiger partial charge in [-0.3, -0.25) is 4.79 Å². The van der Waals surface area contributed by atoms with Crippen LogP contribution in [0.3, 0.4) is 0 Å². The summed E-state index contributed by atoms with van der Waals surface area (Å²) < 4.78 is 1.98. The molecule has 0 saturated carbocycles. The minimum Gasteiger partial charge on any atom is -0.350 e. The van der Waals surface area contributed by atoms with Crippen LogP contribution in [0, 0.1) is 0 Å². The molecule has 2 heterocycles. The first kappa shape index (κ1) is 15.0. The fraction of sp³-hybridized carbons (Fsp3) is 0.0526. The van der Waals surface area contributed by atoms with Crippen LogP contribution in [0.4, 0.5) is 0 Å². The highest BCUT2D eigenvalue weighted by molar-refractivity contribution is 5.80. The van der Waals surface area contributed by atoms with Gasteiger partial charge in [-0.25, -0.2) is 0 Å². The number of rotatable bonds is 4. The van der Waals surface area contributed by atoms with Gasteiger partial charge in [0.1, 0.15) is 0 Å². The molecule has 25 heavy (non-hydrogen) atoms. The van der Waals surface area contributed by atoms with Crippen molar-refractivity contribution in [1.82, 2.24) is 25.2 Å². The monoisotopic (exact) mass is 329 g/mol. The molecule has 4 aromatic rings. The molecule has 0 spiro atoms. The SMILES string of the molecule is O=c1ccn(Cc2ccc(-c3ccccc3-c3nn[nH]n3)cc2)cc1. The smallest absolute Gasteiger partial charge is 0.205 e. The number of tetrazole rings is 1. The molecule has 0 aliphatic rings. The van der Waals surface area contributed by atoms with Gasteiger partial charge in [-0.05, 0) is 21.9 Å². The van der Waals surface area contributed by atoms with Crippen LogP contribution >= 0.6 is 0 Å². The molecule has 0 bridgehead atoms. The highest BCUT2D eigenvalue weighted by Gasteiger charge is 2.10. The first-order valence-corrected chi connectivity index (χ1v) is 7.88. The van der Waals surface area contributed by atoms with Crippen LogP contribution in [0.15, 0.2) is 77.9 Å². The standard InChI is InChI=1S/C19H15N5O/c25-16-9-11-24(12-10-16)13-14-5-7-15(8-6-14)17-3-1-2-4-18(17)19-20-22-23-21-19/h1-12H,13H2,(H,20,21,22,23). The zero-order valence-corrected chi connectivity index (χ0v) is 13.3.